The zero-order chi connectivity index (χ0) is 16.9. The highest BCUT2D eigenvalue weighted by Gasteiger charge is 2.29. The summed E-state index contributed by atoms with van der Waals surface area (Å²) in [5, 5.41) is 9.85. The van der Waals surface area contributed by atoms with Crippen molar-refractivity contribution in [3.05, 3.63) is 65.7 Å². The fraction of sp³-hybridized carbons (Fsp3) is 0.429. The second-order valence-corrected chi connectivity index (χ2v) is 6.90. The maximum absolute atomic E-state index is 9.85. The lowest BCUT2D eigenvalue weighted by atomic mass is 9.99. The summed E-state index contributed by atoms with van der Waals surface area (Å²) in [5.41, 5.74) is 3.67. The number of hydrogen-bond donors (Lipinski definition) is 1. The number of rotatable bonds is 7. The molecule has 0 radical (unpaired) electrons. The van der Waals surface area contributed by atoms with Crippen LogP contribution in [0.1, 0.15) is 43.9 Å². The highest BCUT2D eigenvalue weighted by Crippen LogP contribution is 2.29. The predicted octanol–water partition coefficient (Wildman–Crippen LogP) is 4.72. The van der Waals surface area contributed by atoms with Gasteiger partial charge in [0.15, 0.2) is 0 Å². The van der Waals surface area contributed by atoms with E-state index >= 15 is 0 Å². The summed E-state index contributed by atoms with van der Waals surface area (Å²) in [7, 11) is 4.56. The van der Waals surface area contributed by atoms with Gasteiger partial charge >= 0.3 is 0 Å². The molecule has 0 amide bonds. The summed E-state index contributed by atoms with van der Waals surface area (Å²) in [6.45, 7) is 4.10. The molecule has 0 heterocycles. The van der Waals surface area contributed by atoms with Crippen LogP contribution in [0.2, 0.25) is 0 Å². The second kappa shape index (κ2) is 7.76. The molecule has 2 aromatic rings. The number of aliphatic hydroxyl groups excluding tert-OH is 1. The van der Waals surface area contributed by atoms with Gasteiger partial charge in [-0.3, -0.25) is 4.48 Å². The van der Waals surface area contributed by atoms with Gasteiger partial charge in [-0.05, 0) is 37.0 Å². The van der Waals surface area contributed by atoms with Gasteiger partial charge in [0.25, 0.3) is 0 Å². The molecule has 0 aliphatic carbocycles. The molecule has 0 spiro atoms. The molecule has 0 aromatic heterocycles. The Morgan fingerprint density at radius 3 is 2.30 bits per heavy atom. The van der Waals surface area contributed by atoms with E-state index in [1.165, 1.54) is 11.3 Å². The van der Waals surface area contributed by atoms with Crippen molar-refractivity contribution in [2.75, 3.05) is 14.1 Å². The molecule has 0 saturated carbocycles. The van der Waals surface area contributed by atoms with Crippen LogP contribution in [-0.2, 0) is 6.42 Å². The molecule has 2 nitrogen and oxygen atoms in total. The third-order valence-electron chi connectivity index (χ3n) is 5.01. The molecule has 0 bridgehead atoms. The molecule has 2 atom stereocenters. The summed E-state index contributed by atoms with van der Waals surface area (Å²) in [4.78, 5) is 0. The van der Waals surface area contributed by atoms with Crippen molar-refractivity contribution < 1.29 is 5.11 Å². The van der Waals surface area contributed by atoms with Crippen molar-refractivity contribution in [1.29, 1.82) is 0 Å². The average molecular weight is 312 g/mol. The van der Waals surface area contributed by atoms with Gasteiger partial charge in [-0.15, -0.1) is 0 Å². The smallest absolute Gasteiger partial charge is 0.132 e. The van der Waals surface area contributed by atoms with Gasteiger partial charge in [-0.2, -0.15) is 0 Å². The Morgan fingerprint density at radius 2 is 1.70 bits per heavy atom. The van der Waals surface area contributed by atoms with Gasteiger partial charge in [0.05, 0.1) is 26.2 Å². The van der Waals surface area contributed by atoms with E-state index in [-0.39, 0.29) is 0 Å². The van der Waals surface area contributed by atoms with E-state index in [9.17, 15) is 5.11 Å². The minimum absolute atomic E-state index is 0.417. The van der Waals surface area contributed by atoms with Crippen molar-refractivity contribution in [2.45, 2.75) is 45.3 Å². The Bertz CT molecular complexity index is 604. The number of aliphatic hydroxyl groups is 1. The van der Waals surface area contributed by atoms with Gasteiger partial charge in [-0.25, -0.2) is 0 Å². The molecular weight excluding hydrogens is 282 g/mol. The van der Waals surface area contributed by atoms with E-state index in [0.717, 1.165) is 29.3 Å². The summed E-state index contributed by atoms with van der Waals surface area (Å²) in [6, 6.07) is 19.7. The maximum Gasteiger partial charge on any atom is 0.132 e. The van der Waals surface area contributed by atoms with Gasteiger partial charge in [0.2, 0.25) is 0 Å². The van der Waals surface area contributed by atoms with Crippen LogP contribution in [0.3, 0.4) is 0 Å². The summed E-state index contributed by atoms with van der Waals surface area (Å²) >= 11 is 0. The Kier molecular flexibility index (Phi) is 5.97. The van der Waals surface area contributed by atoms with Crippen LogP contribution in [0.15, 0.2) is 54.6 Å². The van der Waals surface area contributed by atoms with Crippen LogP contribution in [0.25, 0.3) is 0 Å². The second-order valence-electron chi connectivity index (χ2n) is 6.90. The first kappa shape index (κ1) is 17.7. The first-order valence-corrected chi connectivity index (χ1v) is 8.61. The van der Waals surface area contributed by atoms with Crippen LogP contribution >= 0.6 is 0 Å². The third-order valence-corrected chi connectivity index (χ3v) is 5.01. The van der Waals surface area contributed by atoms with Crippen molar-refractivity contribution in [2.24, 2.45) is 0 Å². The Hall–Kier alpha value is -1.64. The summed E-state index contributed by atoms with van der Waals surface area (Å²) in [6.07, 6.45) is 2.99. The van der Waals surface area contributed by atoms with Crippen molar-refractivity contribution in [3.8, 4) is 0 Å². The van der Waals surface area contributed by atoms with E-state index in [2.05, 4.69) is 69.6 Å². The Labute approximate surface area is 141 Å². The normalized spacial score (nSPS) is 14.5. The molecule has 2 unspecified atom stereocenters. The zero-order valence-corrected chi connectivity index (χ0v) is 14.9. The monoisotopic (exact) mass is 312 g/mol. The van der Waals surface area contributed by atoms with E-state index in [4.69, 9.17) is 0 Å². The Balaban J connectivity index is 2.16. The van der Waals surface area contributed by atoms with Crippen molar-refractivity contribution in [1.82, 2.24) is 4.48 Å². The lowest BCUT2D eigenvalue weighted by molar-refractivity contribution is 0.198. The fourth-order valence-corrected chi connectivity index (χ4v) is 3.32. The molecule has 2 aromatic carbocycles. The molecule has 0 fully saturated rings. The van der Waals surface area contributed by atoms with E-state index in [0.29, 0.717) is 6.04 Å². The number of benzene rings is 2. The van der Waals surface area contributed by atoms with Crippen LogP contribution in [0, 0.1) is 0 Å². The summed E-state index contributed by atoms with van der Waals surface area (Å²) < 4.78 is 0.851. The SMILES string of the molecule is CCC(CCc1ccccc1)[N+](C)(C)c1cccc(C(C)O)c1. The largest absolute Gasteiger partial charge is 0.389 e. The number of hydrogen-bond acceptors (Lipinski definition) is 1. The van der Waals surface area contributed by atoms with Gasteiger partial charge in [0, 0.05) is 12.5 Å². The first-order chi connectivity index (χ1) is 10.9. The molecular formula is C21H30NO+. The van der Waals surface area contributed by atoms with Crippen LogP contribution in [0.5, 0.6) is 0 Å². The van der Waals surface area contributed by atoms with Crippen molar-refractivity contribution in [3.63, 3.8) is 0 Å². The lowest BCUT2D eigenvalue weighted by Gasteiger charge is -2.38. The summed E-state index contributed by atoms with van der Waals surface area (Å²) in [5.74, 6) is 0. The van der Waals surface area contributed by atoms with E-state index in [1.54, 1.807) is 0 Å². The van der Waals surface area contributed by atoms with Crippen LogP contribution < -0.4 is 4.48 Å². The lowest BCUT2D eigenvalue weighted by Crippen LogP contribution is -2.50. The average Bonchev–Trinajstić information content (AvgIpc) is 2.56. The number of nitrogens with zero attached hydrogens (tertiary/aromatic N) is 1. The zero-order valence-electron chi connectivity index (χ0n) is 14.9. The number of aryl methyl sites for hydroxylation is 1. The van der Waals surface area contributed by atoms with Crippen molar-refractivity contribution >= 4 is 5.69 Å². The molecule has 0 saturated heterocycles. The van der Waals surface area contributed by atoms with Crippen LogP contribution in [-0.4, -0.2) is 25.2 Å². The topological polar surface area (TPSA) is 20.2 Å². The molecule has 1 N–H and O–H groups in total. The fourth-order valence-electron chi connectivity index (χ4n) is 3.32. The van der Waals surface area contributed by atoms with Gasteiger partial charge in [0.1, 0.15) is 5.69 Å². The molecule has 124 valence electrons. The molecule has 2 heteroatoms. The van der Waals surface area contributed by atoms with Gasteiger partial charge < -0.3 is 5.11 Å². The Morgan fingerprint density at radius 1 is 1.00 bits per heavy atom. The van der Waals surface area contributed by atoms with E-state index in [1.807, 2.05) is 13.0 Å². The number of quaternary nitrogens is 1. The first-order valence-electron chi connectivity index (χ1n) is 8.61. The van der Waals surface area contributed by atoms with Gasteiger partial charge in [-0.1, -0.05) is 49.4 Å². The highest BCUT2D eigenvalue weighted by molar-refractivity contribution is 5.45. The minimum Gasteiger partial charge on any atom is -0.389 e. The maximum atomic E-state index is 9.85. The molecule has 23 heavy (non-hydrogen) atoms. The third kappa shape index (κ3) is 4.43. The minimum atomic E-state index is -0.417. The predicted molar refractivity (Wildman–Crippen MR) is 99.6 cm³/mol. The molecule has 2 rings (SSSR count). The molecule has 0 aliphatic heterocycles. The highest BCUT2D eigenvalue weighted by atomic mass is 16.3. The van der Waals surface area contributed by atoms with E-state index < -0.39 is 6.10 Å². The quantitative estimate of drug-likeness (QED) is 0.734. The standard InChI is InChI=1S/C21H30NO/c1-5-20(15-14-18-10-7-6-8-11-18)22(3,4)21-13-9-12-19(16-21)17(2)23/h6-13,16-17,20,23H,5,14-15H2,1-4H3/q+1. The molecule has 0 aliphatic rings. The van der Waals surface area contributed by atoms with Crippen LogP contribution in [0.4, 0.5) is 5.69 Å².